The number of nitrogens with zero attached hydrogens (tertiary/aromatic N) is 2. The van der Waals surface area contributed by atoms with Crippen LogP contribution in [0.4, 0.5) is 5.69 Å². The Morgan fingerprint density at radius 2 is 1.62 bits per heavy atom. The van der Waals surface area contributed by atoms with Gasteiger partial charge in [0.05, 0.1) is 11.1 Å². The van der Waals surface area contributed by atoms with Crippen molar-refractivity contribution < 1.29 is 9.59 Å². The second kappa shape index (κ2) is 8.65. The summed E-state index contributed by atoms with van der Waals surface area (Å²) in [6.07, 6.45) is 6.26. The van der Waals surface area contributed by atoms with Crippen LogP contribution in [0, 0.1) is 0 Å². The van der Waals surface area contributed by atoms with Crippen LogP contribution in [-0.4, -0.2) is 21.8 Å². The number of benzene rings is 1. The quantitative estimate of drug-likeness (QED) is 0.693. The van der Waals surface area contributed by atoms with Crippen LogP contribution in [0.5, 0.6) is 0 Å². The highest BCUT2D eigenvalue weighted by molar-refractivity contribution is 6.06. The van der Waals surface area contributed by atoms with E-state index >= 15 is 0 Å². The molecular formula is C23H24N4O2. The van der Waals surface area contributed by atoms with Gasteiger partial charge in [-0.25, -0.2) is 0 Å². The molecule has 0 bridgehead atoms. The van der Waals surface area contributed by atoms with Gasteiger partial charge in [-0.05, 0) is 34.7 Å². The summed E-state index contributed by atoms with van der Waals surface area (Å²) in [5.41, 5.74) is 3.20. The van der Waals surface area contributed by atoms with Crippen molar-refractivity contribution in [1.82, 2.24) is 15.3 Å². The second-order valence-corrected chi connectivity index (χ2v) is 7.76. The first kappa shape index (κ1) is 20.2. The molecule has 0 spiro atoms. The summed E-state index contributed by atoms with van der Waals surface area (Å²) < 4.78 is 0. The number of para-hydroxylation sites is 1. The third-order valence-corrected chi connectivity index (χ3v) is 4.42. The Balaban J connectivity index is 1.72. The first-order chi connectivity index (χ1) is 13.8. The predicted octanol–water partition coefficient (Wildman–Crippen LogP) is 3.96. The lowest BCUT2D eigenvalue weighted by Gasteiger charge is -2.23. The fourth-order valence-corrected chi connectivity index (χ4v) is 2.92. The Morgan fingerprint density at radius 1 is 0.897 bits per heavy atom. The molecule has 6 heteroatoms. The smallest absolute Gasteiger partial charge is 0.257 e. The molecule has 2 N–H and O–H groups in total. The normalized spacial score (nSPS) is 11.0. The van der Waals surface area contributed by atoms with Crippen molar-refractivity contribution in [2.75, 3.05) is 5.32 Å². The minimum atomic E-state index is -0.309. The minimum Gasteiger partial charge on any atom is -0.348 e. The van der Waals surface area contributed by atoms with Crippen LogP contribution >= 0.6 is 0 Å². The molecule has 2 heterocycles. The van der Waals surface area contributed by atoms with E-state index in [0.717, 1.165) is 16.8 Å². The number of carbonyl (C=O) groups excluding carboxylic acids is 2. The first-order valence-corrected chi connectivity index (χ1v) is 9.37. The second-order valence-electron chi connectivity index (χ2n) is 7.76. The van der Waals surface area contributed by atoms with E-state index in [2.05, 4.69) is 41.4 Å². The molecule has 0 aliphatic heterocycles. The molecular weight excluding hydrogens is 364 g/mol. The third-order valence-electron chi connectivity index (χ3n) is 4.42. The van der Waals surface area contributed by atoms with Gasteiger partial charge in [-0.3, -0.25) is 19.6 Å². The van der Waals surface area contributed by atoms with Gasteiger partial charge in [-0.1, -0.05) is 45.0 Å². The topological polar surface area (TPSA) is 84.0 Å². The van der Waals surface area contributed by atoms with E-state index in [-0.39, 0.29) is 17.2 Å². The number of aromatic nitrogens is 2. The highest BCUT2D eigenvalue weighted by Crippen LogP contribution is 2.29. The van der Waals surface area contributed by atoms with Crippen molar-refractivity contribution in [2.24, 2.45) is 0 Å². The largest absolute Gasteiger partial charge is 0.348 e. The van der Waals surface area contributed by atoms with Gasteiger partial charge in [-0.15, -0.1) is 0 Å². The zero-order valence-corrected chi connectivity index (χ0v) is 16.8. The summed E-state index contributed by atoms with van der Waals surface area (Å²) in [5.74, 6) is -0.609. The van der Waals surface area contributed by atoms with Crippen LogP contribution in [0.3, 0.4) is 0 Å². The minimum absolute atomic E-state index is 0.115. The molecule has 3 rings (SSSR count). The molecule has 1 aromatic carbocycles. The molecule has 29 heavy (non-hydrogen) atoms. The number of hydrogen-bond donors (Lipinski definition) is 2. The number of pyridine rings is 2. The van der Waals surface area contributed by atoms with Gasteiger partial charge in [0.2, 0.25) is 0 Å². The summed E-state index contributed by atoms with van der Waals surface area (Å²) in [4.78, 5) is 33.3. The first-order valence-electron chi connectivity index (χ1n) is 9.37. The molecule has 2 aromatic heterocycles. The molecule has 0 fully saturated rings. The zero-order chi connectivity index (χ0) is 20.9. The SMILES string of the molecule is CC(C)(C)c1ccccc1NC(=O)c1cncc(C(=O)NCc2cccnc2)c1. The van der Waals surface area contributed by atoms with E-state index < -0.39 is 0 Å². The predicted molar refractivity (Wildman–Crippen MR) is 113 cm³/mol. The van der Waals surface area contributed by atoms with Crippen molar-refractivity contribution in [3.8, 4) is 0 Å². The van der Waals surface area contributed by atoms with E-state index in [1.165, 1.54) is 12.4 Å². The fourth-order valence-electron chi connectivity index (χ4n) is 2.92. The lowest BCUT2D eigenvalue weighted by Crippen LogP contribution is -2.24. The maximum Gasteiger partial charge on any atom is 0.257 e. The molecule has 148 valence electrons. The van der Waals surface area contributed by atoms with Gasteiger partial charge in [0.1, 0.15) is 0 Å². The standard InChI is InChI=1S/C23H24N4O2/c1-23(2,3)19-8-4-5-9-20(19)27-22(29)18-11-17(14-25-15-18)21(28)26-13-16-7-6-10-24-12-16/h4-12,14-15H,13H2,1-3H3,(H,26,28)(H,27,29). The van der Waals surface area contributed by atoms with Crippen LogP contribution in [0.25, 0.3) is 0 Å². The molecule has 2 amide bonds. The summed E-state index contributed by atoms with van der Waals surface area (Å²) in [6, 6.07) is 12.9. The van der Waals surface area contributed by atoms with Crippen LogP contribution in [0.15, 0.2) is 67.3 Å². The molecule has 0 saturated carbocycles. The summed E-state index contributed by atoms with van der Waals surface area (Å²) in [5, 5.41) is 5.75. The van der Waals surface area contributed by atoms with E-state index in [4.69, 9.17) is 0 Å². The van der Waals surface area contributed by atoms with Gasteiger partial charge in [-0.2, -0.15) is 0 Å². The Hall–Kier alpha value is -3.54. The highest BCUT2D eigenvalue weighted by Gasteiger charge is 2.19. The van der Waals surface area contributed by atoms with Gasteiger partial charge in [0.15, 0.2) is 0 Å². The number of hydrogen-bond acceptors (Lipinski definition) is 4. The molecule has 0 aliphatic carbocycles. The molecule has 0 atom stereocenters. The summed E-state index contributed by atoms with van der Waals surface area (Å²) in [6.45, 7) is 6.62. The number of carbonyl (C=O) groups is 2. The van der Waals surface area contributed by atoms with E-state index in [1.807, 2.05) is 36.4 Å². The van der Waals surface area contributed by atoms with Crippen LogP contribution in [0.2, 0.25) is 0 Å². The average Bonchev–Trinajstić information content (AvgIpc) is 2.72. The molecule has 3 aromatic rings. The molecule has 0 aliphatic rings. The molecule has 0 saturated heterocycles. The van der Waals surface area contributed by atoms with Gasteiger partial charge < -0.3 is 10.6 Å². The number of rotatable bonds is 5. The monoisotopic (exact) mass is 388 g/mol. The Kier molecular flexibility index (Phi) is 6.02. The van der Waals surface area contributed by atoms with Crippen LogP contribution in [-0.2, 0) is 12.0 Å². The Bertz CT molecular complexity index is 1010. The number of nitrogens with one attached hydrogen (secondary N) is 2. The van der Waals surface area contributed by atoms with Crippen LogP contribution in [0.1, 0.15) is 52.6 Å². The molecule has 0 unspecified atom stereocenters. The number of anilines is 1. The van der Waals surface area contributed by atoms with Crippen molar-refractivity contribution >= 4 is 17.5 Å². The Labute approximate surface area is 170 Å². The molecule has 0 radical (unpaired) electrons. The van der Waals surface area contributed by atoms with Crippen molar-refractivity contribution in [3.63, 3.8) is 0 Å². The van der Waals surface area contributed by atoms with Crippen LogP contribution < -0.4 is 10.6 Å². The van der Waals surface area contributed by atoms with Gasteiger partial charge >= 0.3 is 0 Å². The van der Waals surface area contributed by atoms with Gasteiger partial charge in [0.25, 0.3) is 11.8 Å². The fraction of sp³-hybridized carbons (Fsp3) is 0.217. The maximum absolute atomic E-state index is 12.8. The van der Waals surface area contributed by atoms with E-state index in [1.54, 1.807) is 18.5 Å². The van der Waals surface area contributed by atoms with E-state index in [9.17, 15) is 9.59 Å². The van der Waals surface area contributed by atoms with Crippen molar-refractivity contribution in [3.05, 3.63) is 89.5 Å². The lowest BCUT2D eigenvalue weighted by atomic mass is 9.86. The molecule has 6 nitrogen and oxygen atoms in total. The van der Waals surface area contributed by atoms with Gasteiger partial charge in [0, 0.05) is 37.0 Å². The number of amides is 2. The zero-order valence-electron chi connectivity index (χ0n) is 16.8. The van der Waals surface area contributed by atoms with E-state index in [0.29, 0.717) is 17.7 Å². The third kappa shape index (κ3) is 5.25. The highest BCUT2D eigenvalue weighted by atomic mass is 16.2. The summed E-state index contributed by atoms with van der Waals surface area (Å²) >= 11 is 0. The maximum atomic E-state index is 12.8. The Morgan fingerprint density at radius 3 is 2.31 bits per heavy atom. The van der Waals surface area contributed by atoms with Crippen molar-refractivity contribution in [2.45, 2.75) is 32.7 Å². The van der Waals surface area contributed by atoms with Crippen molar-refractivity contribution in [1.29, 1.82) is 0 Å². The summed E-state index contributed by atoms with van der Waals surface area (Å²) in [7, 11) is 0. The average molecular weight is 388 g/mol. The lowest BCUT2D eigenvalue weighted by molar-refractivity contribution is 0.0950.